The summed E-state index contributed by atoms with van der Waals surface area (Å²) in [5, 5.41) is 0.699. The second kappa shape index (κ2) is 2.83. The van der Waals surface area contributed by atoms with Gasteiger partial charge in [0.25, 0.3) is 0 Å². The summed E-state index contributed by atoms with van der Waals surface area (Å²) < 4.78 is 13.1. The number of aromatic amines is 1. The number of hydrogen-bond donors (Lipinski definition) is 1. The van der Waals surface area contributed by atoms with Crippen LogP contribution in [0.4, 0.5) is 4.39 Å². The summed E-state index contributed by atoms with van der Waals surface area (Å²) in [4.78, 5) is 3.85. The number of hydrogen-bond acceptors (Lipinski definition) is 1. The third-order valence-electron chi connectivity index (χ3n) is 1.84. The summed E-state index contributed by atoms with van der Waals surface area (Å²) in [6.45, 7) is 0. The van der Waals surface area contributed by atoms with E-state index in [1.807, 2.05) is 24.5 Å². The molecule has 2 rings (SSSR count). The van der Waals surface area contributed by atoms with E-state index in [1.165, 1.54) is 6.20 Å². The number of benzene rings is 1. The predicted octanol–water partition coefficient (Wildman–Crippen LogP) is 3.03. The minimum atomic E-state index is -0.171. The first-order valence-corrected chi connectivity index (χ1v) is 4.85. The van der Waals surface area contributed by atoms with Crippen molar-refractivity contribution in [1.82, 2.24) is 4.98 Å². The lowest BCUT2D eigenvalue weighted by Crippen LogP contribution is -1.74. The molecular formula is C9H8FNS. The van der Waals surface area contributed by atoms with E-state index in [-0.39, 0.29) is 5.82 Å². The van der Waals surface area contributed by atoms with Crippen LogP contribution in [0.15, 0.2) is 29.3 Å². The molecular weight excluding hydrogens is 173 g/mol. The first-order valence-electron chi connectivity index (χ1n) is 3.62. The molecule has 0 bridgehead atoms. The van der Waals surface area contributed by atoms with E-state index in [9.17, 15) is 4.39 Å². The van der Waals surface area contributed by atoms with Crippen LogP contribution in [-0.4, -0.2) is 11.2 Å². The van der Waals surface area contributed by atoms with Crippen LogP contribution in [0.1, 0.15) is 0 Å². The molecule has 0 amide bonds. The molecule has 0 unspecified atom stereocenters. The fourth-order valence-electron chi connectivity index (χ4n) is 1.28. The summed E-state index contributed by atoms with van der Waals surface area (Å²) in [5.74, 6) is -0.171. The van der Waals surface area contributed by atoms with Gasteiger partial charge in [0, 0.05) is 22.0 Å². The Morgan fingerprint density at radius 1 is 1.42 bits per heavy atom. The van der Waals surface area contributed by atoms with Crippen molar-refractivity contribution in [2.75, 3.05) is 6.26 Å². The Bertz CT molecular complexity index is 408. The fraction of sp³-hybridized carbons (Fsp3) is 0.111. The molecule has 1 N–H and O–H groups in total. The van der Waals surface area contributed by atoms with Gasteiger partial charge in [-0.05, 0) is 18.4 Å². The number of rotatable bonds is 1. The van der Waals surface area contributed by atoms with Crippen LogP contribution in [0.3, 0.4) is 0 Å². The zero-order valence-electron chi connectivity index (χ0n) is 6.60. The Kier molecular flexibility index (Phi) is 1.81. The Balaban J connectivity index is 2.84. The minimum Gasteiger partial charge on any atom is -0.359 e. The molecule has 0 aliphatic heterocycles. The van der Waals surface area contributed by atoms with Crippen molar-refractivity contribution in [3.05, 3.63) is 30.2 Å². The minimum absolute atomic E-state index is 0.171. The normalized spacial score (nSPS) is 10.8. The Morgan fingerprint density at radius 2 is 2.25 bits per heavy atom. The number of fused-ring (bicyclic) bond motifs is 1. The lowest BCUT2D eigenvalue weighted by Gasteiger charge is -1.97. The van der Waals surface area contributed by atoms with Crippen molar-refractivity contribution in [2.24, 2.45) is 0 Å². The van der Waals surface area contributed by atoms with Gasteiger partial charge < -0.3 is 4.98 Å². The van der Waals surface area contributed by atoms with Gasteiger partial charge in [0.15, 0.2) is 0 Å². The van der Waals surface area contributed by atoms with E-state index in [1.54, 1.807) is 11.8 Å². The molecule has 1 aromatic heterocycles. The number of nitrogens with one attached hydrogen (secondary N) is 1. The first kappa shape index (κ1) is 7.68. The Morgan fingerprint density at radius 3 is 3.00 bits per heavy atom. The summed E-state index contributed by atoms with van der Waals surface area (Å²) >= 11 is 1.56. The Hall–Kier alpha value is -0.960. The molecule has 0 saturated carbocycles. The molecule has 1 heterocycles. The predicted molar refractivity (Wildman–Crippen MR) is 50.0 cm³/mol. The summed E-state index contributed by atoms with van der Waals surface area (Å²) in [6.07, 6.45) is 3.34. The highest BCUT2D eigenvalue weighted by Crippen LogP contribution is 2.27. The summed E-state index contributed by atoms with van der Waals surface area (Å²) in [6, 6.07) is 5.71. The second-order valence-corrected chi connectivity index (χ2v) is 3.37. The van der Waals surface area contributed by atoms with Crippen LogP contribution in [-0.2, 0) is 0 Å². The molecule has 0 atom stereocenters. The van der Waals surface area contributed by atoms with Crippen molar-refractivity contribution >= 4 is 22.7 Å². The SMILES string of the molecule is CSc1cccc2[nH]cc(F)c12. The van der Waals surface area contributed by atoms with Gasteiger partial charge in [-0.25, -0.2) is 4.39 Å². The van der Waals surface area contributed by atoms with Gasteiger partial charge >= 0.3 is 0 Å². The lowest BCUT2D eigenvalue weighted by molar-refractivity contribution is 0.638. The first-order chi connectivity index (χ1) is 5.83. The molecule has 12 heavy (non-hydrogen) atoms. The third-order valence-corrected chi connectivity index (χ3v) is 2.62. The van der Waals surface area contributed by atoms with Crippen LogP contribution < -0.4 is 0 Å². The van der Waals surface area contributed by atoms with Gasteiger partial charge in [-0.2, -0.15) is 0 Å². The molecule has 3 heteroatoms. The third kappa shape index (κ3) is 1.01. The largest absolute Gasteiger partial charge is 0.359 e. The average Bonchev–Trinajstić information content (AvgIpc) is 2.48. The van der Waals surface area contributed by atoms with Crippen LogP contribution in [0.5, 0.6) is 0 Å². The maximum absolute atomic E-state index is 13.1. The molecule has 0 fully saturated rings. The van der Waals surface area contributed by atoms with Gasteiger partial charge in [0.2, 0.25) is 0 Å². The molecule has 0 radical (unpaired) electrons. The molecule has 2 aromatic rings. The number of aromatic nitrogens is 1. The highest BCUT2D eigenvalue weighted by molar-refractivity contribution is 7.98. The number of halogens is 1. The molecule has 1 nitrogen and oxygen atoms in total. The van der Waals surface area contributed by atoms with Crippen molar-refractivity contribution in [3.8, 4) is 0 Å². The van der Waals surface area contributed by atoms with Crippen LogP contribution in [0.2, 0.25) is 0 Å². The quantitative estimate of drug-likeness (QED) is 0.668. The molecule has 0 aliphatic rings. The highest BCUT2D eigenvalue weighted by Gasteiger charge is 2.05. The standard InChI is InChI=1S/C9H8FNS/c1-12-8-4-2-3-7-9(8)6(10)5-11-7/h2-5,11H,1H3. The van der Waals surface area contributed by atoms with Gasteiger partial charge in [-0.15, -0.1) is 11.8 Å². The zero-order chi connectivity index (χ0) is 8.55. The fourth-order valence-corrected chi connectivity index (χ4v) is 1.91. The van der Waals surface area contributed by atoms with E-state index in [0.717, 1.165) is 10.4 Å². The maximum Gasteiger partial charge on any atom is 0.149 e. The van der Waals surface area contributed by atoms with Gasteiger partial charge in [-0.3, -0.25) is 0 Å². The molecule has 1 aromatic carbocycles. The van der Waals surface area contributed by atoms with Gasteiger partial charge in [0.1, 0.15) is 5.82 Å². The van der Waals surface area contributed by atoms with E-state index >= 15 is 0 Å². The lowest BCUT2D eigenvalue weighted by atomic mass is 10.2. The van der Waals surface area contributed by atoms with E-state index in [4.69, 9.17) is 0 Å². The van der Waals surface area contributed by atoms with E-state index in [0.29, 0.717) is 5.39 Å². The smallest absolute Gasteiger partial charge is 0.149 e. The second-order valence-electron chi connectivity index (χ2n) is 2.52. The molecule has 0 spiro atoms. The number of H-pyrrole nitrogens is 1. The van der Waals surface area contributed by atoms with Crippen molar-refractivity contribution in [2.45, 2.75) is 4.90 Å². The highest BCUT2D eigenvalue weighted by atomic mass is 32.2. The van der Waals surface area contributed by atoms with Crippen LogP contribution in [0.25, 0.3) is 10.9 Å². The summed E-state index contributed by atoms with van der Waals surface area (Å²) in [7, 11) is 0. The molecule has 0 saturated heterocycles. The average molecular weight is 181 g/mol. The number of thioether (sulfide) groups is 1. The Labute approximate surface area is 74.0 Å². The van der Waals surface area contributed by atoms with Gasteiger partial charge in [0.05, 0.1) is 0 Å². The zero-order valence-corrected chi connectivity index (χ0v) is 7.41. The van der Waals surface area contributed by atoms with Crippen LogP contribution in [0, 0.1) is 5.82 Å². The van der Waals surface area contributed by atoms with E-state index in [2.05, 4.69) is 4.98 Å². The topological polar surface area (TPSA) is 15.8 Å². The maximum atomic E-state index is 13.1. The van der Waals surface area contributed by atoms with Crippen molar-refractivity contribution in [1.29, 1.82) is 0 Å². The van der Waals surface area contributed by atoms with Crippen molar-refractivity contribution < 1.29 is 4.39 Å². The van der Waals surface area contributed by atoms with Crippen LogP contribution >= 0.6 is 11.8 Å². The molecule has 62 valence electrons. The molecule has 0 aliphatic carbocycles. The van der Waals surface area contributed by atoms with E-state index < -0.39 is 0 Å². The monoisotopic (exact) mass is 181 g/mol. The van der Waals surface area contributed by atoms with Gasteiger partial charge in [-0.1, -0.05) is 6.07 Å². The summed E-state index contributed by atoms with van der Waals surface area (Å²) in [5.41, 5.74) is 0.861. The van der Waals surface area contributed by atoms with Crippen molar-refractivity contribution in [3.63, 3.8) is 0 Å².